The van der Waals surface area contributed by atoms with Crippen LogP contribution in [-0.2, 0) is 0 Å². The van der Waals surface area contributed by atoms with Gasteiger partial charge in [0.15, 0.2) is 0 Å². The van der Waals surface area contributed by atoms with Crippen molar-refractivity contribution in [2.75, 3.05) is 4.90 Å². The van der Waals surface area contributed by atoms with Crippen LogP contribution < -0.4 is 4.90 Å². The number of pyridine rings is 3. The first-order chi connectivity index (χ1) is 23.2. The van der Waals surface area contributed by atoms with Crippen LogP contribution in [0.25, 0.3) is 55.8 Å². The van der Waals surface area contributed by atoms with Crippen LogP contribution in [0.1, 0.15) is 0 Å². The van der Waals surface area contributed by atoms with Crippen LogP contribution in [0, 0.1) is 0 Å². The zero-order valence-corrected chi connectivity index (χ0v) is 25.3. The molecule has 0 aliphatic carbocycles. The van der Waals surface area contributed by atoms with E-state index in [1.54, 1.807) is 0 Å². The number of fused-ring (bicyclic) bond motifs is 3. The Balaban J connectivity index is 1.09. The summed E-state index contributed by atoms with van der Waals surface area (Å²) in [4.78, 5) is 16.6. The molecule has 0 unspecified atom stereocenters. The van der Waals surface area contributed by atoms with E-state index >= 15 is 0 Å². The molecule has 0 aliphatic heterocycles. The third-order valence-corrected chi connectivity index (χ3v) is 8.62. The fourth-order valence-corrected chi connectivity index (χ4v) is 6.19. The van der Waals surface area contributed by atoms with Gasteiger partial charge in [-0.05, 0) is 78.4 Å². The predicted octanol–water partition coefficient (Wildman–Crippen LogP) is 10.0. The average molecular weight is 605 g/mol. The van der Waals surface area contributed by atoms with Crippen molar-refractivity contribution < 1.29 is 0 Å². The number of nitrogens with zero attached hydrogens (tertiary/aromatic N) is 6. The molecule has 5 heterocycles. The van der Waals surface area contributed by atoms with Gasteiger partial charge in [-0.25, -0.2) is 9.97 Å². The maximum absolute atomic E-state index is 4.82. The molecule has 0 atom stereocenters. The van der Waals surface area contributed by atoms with Gasteiger partial charge in [-0.1, -0.05) is 66.7 Å². The van der Waals surface area contributed by atoms with Crippen LogP contribution in [0.4, 0.5) is 17.1 Å². The second kappa shape index (κ2) is 11.1. The van der Waals surface area contributed by atoms with Gasteiger partial charge in [-0.3, -0.25) is 4.98 Å². The predicted molar refractivity (Wildman–Crippen MR) is 190 cm³/mol. The van der Waals surface area contributed by atoms with Gasteiger partial charge in [-0.2, -0.15) is 0 Å². The molecule has 0 bridgehead atoms. The number of aromatic nitrogens is 5. The van der Waals surface area contributed by atoms with Gasteiger partial charge in [0.1, 0.15) is 11.3 Å². The number of rotatable bonds is 6. The Morgan fingerprint density at radius 1 is 0.447 bits per heavy atom. The van der Waals surface area contributed by atoms with E-state index in [1.807, 2.05) is 75.9 Å². The summed E-state index contributed by atoms with van der Waals surface area (Å²) in [6.07, 6.45) is 10.1. The molecule has 0 amide bonds. The van der Waals surface area contributed by atoms with Gasteiger partial charge in [0, 0.05) is 70.1 Å². The standard InChI is InChI=1S/C41H28N6/c1-2-8-37-32(7-1)25-33(26-42-37)29-11-17-34(18-12-29)47(35-19-13-30(14-20-35)38-27-45-23-5-3-9-40(45)43-38)36-21-15-31(16-22-36)39-28-46-24-6-4-10-41(46)44-39/h1-28H. The Labute approximate surface area is 271 Å². The fraction of sp³-hybridized carbons (Fsp3) is 0. The summed E-state index contributed by atoms with van der Waals surface area (Å²) in [5.74, 6) is 0. The summed E-state index contributed by atoms with van der Waals surface area (Å²) < 4.78 is 4.10. The summed E-state index contributed by atoms with van der Waals surface area (Å²) in [6.45, 7) is 0. The molecular weight excluding hydrogens is 576 g/mol. The molecule has 222 valence electrons. The van der Waals surface area contributed by atoms with Gasteiger partial charge >= 0.3 is 0 Å². The van der Waals surface area contributed by atoms with Crippen molar-refractivity contribution >= 4 is 39.3 Å². The lowest BCUT2D eigenvalue weighted by atomic mass is 10.0. The zero-order chi connectivity index (χ0) is 31.2. The van der Waals surface area contributed by atoms with Crippen LogP contribution in [0.3, 0.4) is 0 Å². The summed E-state index contributed by atoms with van der Waals surface area (Å²) in [7, 11) is 0. The highest BCUT2D eigenvalue weighted by molar-refractivity contribution is 5.85. The van der Waals surface area contributed by atoms with Gasteiger partial charge in [0.2, 0.25) is 0 Å². The van der Waals surface area contributed by atoms with Crippen LogP contribution in [0.15, 0.2) is 171 Å². The molecule has 0 N–H and O–H groups in total. The first kappa shape index (κ1) is 26.8. The molecule has 9 rings (SSSR count). The van der Waals surface area contributed by atoms with Crippen LogP contribution >= 0.6 is 0 Å². The Morgan fingerprint density at radius 3 is 1.47 bits per heavy atom. The maximum atomic E-state index is 4.82. The van der Waals surface area contributed by atoms with Crippen molar-refractivity contribution in [3.63, 3.8) is 0 Å². The van der Waals surface area contributed by atoms with Crippen molar-refractivity contribution in [2.24, 2.45) is 0 Å². The number of benzene rings is 4. The molecule has 0 saturated carbocycles. The molecule has 6 heteroatoms. The third-order valence-electron chi connectivity index (χ3n) is 8.62. The number of hydrogen-bond acceptors (Lipinski definition) is 4. The van der Waals surface area contributed by atoms with E-state index in [-0.39, 0.29) is 0 Å². The van der Waals surface area contributed by atoms with Crippen molar-refractivity contribution in [3.8, 4) is 33.6 Å². The first-order valence-electron chi connectivity index (χ1n) is 15.6. The molecule has 0 radical (unpaired) electrons. The smallest absolute Gasteiger partial charge is 0.137 e. The Morgan fingerprint density at radius 2 is 0.936 bits per heavy atom. The normalized spacial score (nSPS) is 11.4. The van der Waals surface area contributed by atoms with Crippen molar-refractivity contribution in [1.82, 2.24) is 23.8 Å². The fourth-order valence-electron chi connectivity index (χ4n) is 6.19. The molecule has 9 aromatic rings. The molecule has 0 fully saturated rings. The van der Waals surface area contributed by atoms with E-state index < -0.39 is 0 Å². The monoisotopic (exact) mass is 604 g/mol. The van der Waals surface area contributed by atoms with E-state index in [9.17, 15) is 0 Å². The lowest BCUT2D eigenvalue weighted by molar-refractivity contribution is 1.19. The van der Waals surface area contributed by atoms with Crippen LogP contribution in [0.5, 0.6) is 0 Å². The van der Waals surface area contributed by atoms with Gasteiger partial charge < -0.3 is 13.7 Å². The van der Waals surface area contributed by atoms with Gasteiger partial charge in [0.25, 0.3) is 0 Å². The second-order valence-electron chi connectivity index (χ2n) is 11.6. The lowest BCUT2D eigenvalue weighted by Crippen LogP contribution is -2.09. The molecule has 6 nitrogen and oxygen atoms in total. The van der Waals surface area contributed by atoms with Crippen LogP contribution in [0.2, 0.25) is 0 Å². The quantitative estimate of drug-likeness (QED) is 0.190. The maximum Gasteiger partial charge on any atom is 0.137 e. The lowest BCUT2D eigenvalue weighted by Gasteiger charge is -2.26. The minimum absolute atomic E-state index is 0.931. The molecule has 0 aliphatic rings. The van der Waals surface area contributed by atoms with Crippen molar-refractivity contribution in [1.29, 1.82) is 0 Å². The minimum Gasteiger partial charge on any atom is -0.311 e. The summed E-state index contributed by atoms with van der Waals surface area (Å²) in [5, 5.41) is 1.13. The molecule has 0 saturated heterocycles. The average Bonchev–Trinajstić information content (AvgIpc) is 3.78. The summed E-state index contributed by atoms with van der Waals surface area (Å²) in [5.41, 5.74) is 12.3. The SMILES string of the molecule is c1ccc2ncc(-c3ccc(N(c4ccc(-c5cn6ccccc6n5)cc4)c4ccc(-c5cn6ccccc6n5)cc4)cc3)cc2c1. The summed E-state index contributed by atoms with van der Waals surface area (Å²) in [6, 6.07) is 48.4. The highest BCUT2D eigenvalue weighted by Gasteiger charge is 2.15. The first-order valence-corrected chi connectivity index (χ1v) is 15.6. The van der Waals surface area contributed by atoms with Gasteiger partial charge in [0.05, 0.1) is 16.9 Å². The topological polar surface area (TPSA) is 50.7 Å². The van der Waals surface area contributed by atoms with E-state index in [1.165, 1.54) is 0 Å². The second-order valence-corrected chi connectivity index (χ2v) is 11.6. The Hall–Kier alpha value is -6.53. The molecule has 4 aromatic carbocycles. The van der Waals surface area contributed by atoms with Crippen molar-refractivity contribution in [2.45, 2.75) is 0 Å². The van der Waals surface area contributed by atoms with E-state index in [2.05, 4.69) is 113 Å². The number of hydrogen-bond donors (Lipinski definition) is 0. The highest BCUT2D eigenvalue weighted by atomic mass is 15.1. The van der Waals surface area contributed by atoms with E-state index in [0.29, 0.717) is 0 Å². The van der Waals surface area contributed by atoms with Crippen molar-refractivity contribution in [3.05, 3.63) is 171 Å². The zero-order valence-electron chi connectivity index (χ0n) is 25.3. The largest absolute Gasteiger partial charge is 0.311 e. The van der Waals surface area contributed by atoms with Crippen LogP contribution in [-0.4, -0.2) is 23.8 Å². The number of para-hydroxylation sites is 1. The Bertz CT molecular complexity index is 2330. The summed E-state index contributed by atoms with van der Waals surface area (Å²) >= 11 is 0. The number of imidazole rings is 2. The van der Waals surface area contributed by atoms with E-state index in [0.717, 1.165) is 72.9 Å². The molecule has 5 aromatic heterocycles. The molecule has 47 heavy (non-hydrogen) atoms. The molecule has 0 spiro atoms. The number of anilines is 3. The minimum atomic E-state index is 0.931. The Kier molecular flexibility index (Phi) is 6.35. The van der Waals surface area contributed by atoms with E-state index in [4.69, 9.17) is 9.97 Å². The highest BCUT2D eigenvalue weighted by Crippen LogP contribution is 2.37. The third kappa shape index (κ3) is 4.98. The van der Waals surface area contributed by atoms with Gasteiger partial charge in [-0.15, -0.1) is 0 Å². The molecular formula is C41H28N6.